The fourth-order valence-corrected chi connectivity index (χ4v) is 1.48. The Labute approximate surface area is 101 Å². The van der Waals surface area contributed by atoms with E-state index in [2.05, 4.69) is 29.9 Å². The van der Waals surface area contributed by atoms with E-state index in [9.17, 15) is 4.79 Å². The molecule has 0 aliphatic heterocycles. The van der Waals surface area contributed by atoms with Gasteiger partial charge in [-0.3, -0.25) is 4.79 Å². The van der Waals surface area contributed by atoms with Crippen LogP contribution >= 0.6 is 11.6 Å². The van der Waals surface area contributed by atoms with Gasteiger partial charge in [0.05, 0.1) is 12.1 Å². The number of hydrogen-bond donors (Lipinski definition) is 1. The van der Waals surface area contributed by atoms with Crippen LogP contribution in [0.25, 0.3) is 0 Å². The van der Waals surface area contributed by atoms with Crippen molar-refractivity contribution in [3.8, 4) is 0 Å². The van der Waals surface area contributed by atoms with Crippen LogP contribution in [0, 0.1) is 6.92 Å². The van der Waals surface area contributed by atoms with E-state index in [0.29, 0.717) is 23.8 Å². The van der Waals surface area contributed by atoms with Crippen LogP contribution in [0.3, 0.4) is 0 Å². The molecule has 0 fully saturated rings. The maximum atomic E-state index is 10.9. The van der Waals surface area contributed by atoms with E-state index in [0.717, 1.165) is 0 Å². The highest BCUT2D eigenvalue weighted by Crippen LogP contribution is 2.19. The van der Waals surface area contributed by atoms with Crippen LogP contribution in [-0.4, -0.2) is 26.4 Å². The number of carbonyl (C=O) groups excluding carboxylic acids is 1. The average molecular weight is 254 g/mol. The van der Waals surface area contributed by atoms with Crippen LogP contribution in [0.15, 0.2) is 10.9 Å². The first kappa shape index (κ1) is 11.5. The van der Waals surface area contributed by atoms with Gasteiger partial charge in [0.15, 0.2) is 12.1 Å². The highest BCUT2D eigenvalue weighted by atomic mass is 35.5. The normalized spacial score (nSPS) is 10.2. The molecular weight excluding hydrogens is 246 g/mol. The monoisotopic (exact) mass is 253 g/mol. The highest BCUT2D eigenvalue weighted by Gasteiger charge is 2.11. The number of hydrogen-bond acceptors (Lipinski definition) is 7. The molecule has 0 saturated carbocycles. The smallest absolute Gasteiger partial charge is 0.213 e. The van der Waals surface area contributed by atoms with Crippen molar-refractivity contribution in [3.63, 3.8) is 0 Å². The first-order chi connectivity index (χ1) is 8.20. The Bertz CT molecular complexity index is 528. The number of aryl methyl sites for hydroxylation is 1. The van der Waals surface area contributed by atoms with Gasteiger partial charge in [-0.05, 0) is 6.92 Å². The Balaban J connectivity index is 2.22. The van der Waals surface area contributed by atoms with Gasteiger partial charge in [0, 0.05) is 0 Å². The fourth-order valence-electron chi connectivity index (χ4n) is 1.22. The molecule has 2 aromatic rings. The number of halogens is 1. The van der Waals surface area contributed by atoms with Crippen molar-refractivity contribution in [2.45, 2.75) is 13.5 Å². The molecule has 2 rings (SSSR count). The topological polar surface area (TPSA) is 93.8 Å². The minimum Gasteiger partial charge on any atom is -0.362 e. The molecule has 17 heavy (non-hydrogen) atoms. The number of carbonyl (C=O) groups is 1. The summed E-state index contributed by atoms with van der Waals surface area (Å²) in [6, 6.07) is 0. The van der Waals surface area contributed by atoms with Crippen LogP contribution in [0.1, 0.15) is 22.0 Å². The lowest BCUT2D eigenvalue weighted by molar-refractivity contribution is 0.112. The molecule has 0 unspecified atom stereocenters. The molecule has 0 amide bonds. The molecule has 88 valence electrons. The van der Waals surface area contributed by atoms with Crippen molar-refractivity contribution in [2.24, 2.45) is 0 Å². The molecule has 0 radical (unpaired) electrons. The quantitative estimate of drug-likeness (QED) is 0.647. The van der Waals surface area contributed by atoms with Crippen LogP contribution in [0.5, 0.6) is 0 Å². The van der Waals surface area contributed by atoms with Gasteiger partial charge >= 0.3 is 0 Å². The number of nitrogens with zero attached hydrogens (tertiary/aromatic N) is 4. The van der Waals surface area contributed by atoms with Crippen molar-refractivity contribution in [1.82, 2.24) is 20.1 Å². The summed E-state index contributed by atoms with van der Waals surface area (Å²) in [5.41, 5.74) is 0.209. The van der Waals surface area contributed by atoms with Gasteiger partial charge in [-0.25, -0.2) is 9.97 Å². The van der Waals surface area contributed by atoms with Gasteiger partial charge < -0.3 is 9.84 Å². The van der Waals surface area contributed by atoms with Crippen molar-refractivity contribution < 1.29 is 9.32 Å². The number of rotatable bonds is 4. The van der Waals surface area contributed by atoms with Crippen molar-refractivity contribution in [2.75, 3.05) is 5.32 Å². The average Bonchev–Trinajstić information content (AvgIpc) is 2.78. The lowest BCUT2D eigenvalue weighted by Gasteiger charge is -2.07. The molecule has 0 aliphatic rings. The zero-order valence-corrected chi connectivity index (χ0v) is 9.60. The maximum Gasteiger partial charge on any atom is 0.213 e. The summed E-state index contributed by atoms with van der Waals surface area (Å²) in [5.74, 6) is 1.27. The SMILES string of the molecule is Cc1nc(Cl)c(C=O)c(NCc2ncon2)n1. The molecular formula is C9H8ClN5O2. The van der Waals surface area contributed by atoms with Gasteiger partial charge in [-0.1, -0.05) is 16.8 Å². The van der Waals surface area contributed by atoms with Crippen molar-refractivity contribution in [1.29, 1.82) is 0 Å². The van der Waals surface area contributed by atoms with E-state index in [-0.39, 0.29) is 17.3 Å². The summed E-state index contributed by atoms with van der Waals surface area (Å²) in [7, 11) is 0. The molecule has 8 heteroatoms. The molecule has 0 aromatic carbocycles. The Morgan fingerprint density at radius 3 is 3.00 bits per heavy atom. The fraction of sp³-hybridized carbons (Fsp3) is 0.222. The summed E-state index contributed by atoms with van der Waals surface area (Å²) in [5, 5.41) is 6.63. The van der Waals surface area contributed by atoms with Gasteiger partial charge in [0.25, 0.3) is 0 Å². The standard InChI is InChI=1S/C9H8ClN5O2/c1-5-13-8(10)6(3-16)9(14-5)11-2-7-12-4-17-15-7/h3-4H,2H2,1H3,(H,11,13,14). The zero-order valence-electron chi connectivity index (χ0n) is 8.85. The maximum absolute atomic E-state index is 10.9. The first-order valence-corrected chi connectivity index (χ1v) is 5.07. The van der Waals surface area contributed by atoms with Gasteiger partial charge in [-0.2, -0.15) is 4.98 Å². The largest absolute Gasteiger partial charge is 0.362 e. The third-order valence-corrected chi connectivity index (χ3v) is 2.24. The predicted molar refractivity (Wildman–Crippen MR) is 58.8 cm³/mol. The minimum absolute atomic E-state index is 0.114. The summed E-state index contributed by atoms with van der Waals surface area (Å²) >= 11 is 5.82. The first-order valence-electron chi connectivity index (χ1n) is 4.69. The molecule has 2 aromatic heterocycles. The van der Waals surface area contributed by atoms with Gasteiger partial charge in [-0.15, -0.1) is 0 Å². The van der Waals surface area contributed by atoms with Crippen molar-refractivity contribution in [3.05, 3.63) is 28.8 Å². The number of nitrogens with one attached hydrogen (secondary N) is 1. The van der Waals surface area contributed by atoms with Gasteiger partial charge in [0.1, 0.15) is 16.8 Å². The van der Waals surface area contributed by atoms with Crippen LogP contribution in [0.4, 0.5) is 5.82 Å². The third-order valence-electron chi connectivity index (χ3n) is 1.95. The summed E-state index contributed by atoms with van der Waals surface area (Å²) < 4.78 is 4.58. The van der Waals surface area contributed by atoms with E-state index in [1.165, 1.54) is 6.39 Å². The summed E-state index contributed by atoms with van der Waals surface area (Å²) in [4.78, 5) is 22.7. The van der Waals surface area contributed by atoms with Crippen LogP contribution in [0.2, 0.25) is 5.15 Å². The molecule has 0 atom stereocenters. The van der Waals surface area contributed by atoms with E-state index in [4.69, 9.17) is 11.6 Å². The van der Waals surface area contributed by atoms with E-state index in [1.54, 1.807) is 6.92 Å². The second-order valence-electron chi connectivity index (χ2n) is 3.14. The lowest BCUT2D eigenvalue weighted by Crippen LogP contribution is -2.08. The highest BCUT2D eigenvalue weighted by molar-refractivity contribution is 6.32. The molecule has 0 saturated heterocycles. The molecule has 7 nitrogen and oxygen atoms in total. The van der Waals surface area contributed by atoms with Crippen LogP contribution < -0.4 is 5.32 Å². The number of aldehydes is 1. The van der Waals surface area contributed by atoms with Crippen LogP contribution in [-0.2, 0) is 6.54 Å². The second-order valence-corrected chi connectivity index (χ2v) is 3.50. The summed E-state index contributed by atoms with van der Waals surface area (Å²) in [6.07, 6.45) is 1.82. The Morgan fingerprint density at radius 1 is 1.53 bits per heavy atom. The third kappa shape index (κ3) is 2.56. The van der Waals surface area contributed by atoms with Gasteiger partial charge in [0.2, 0.25) is 6.39 Å². The molecule has 2 heterocycles. The molecule has 0 aliphatic carbocycles. The molecule has 1 N–H and O–H groups in total. The Morgan fingerprint density at radius 2 is 2.35 bits per heavy atom. The Hall–Kier alpha value is -2.02. The van der Waals surface area contributed by atoms with E-state index >= 15 is 0 Å². The number of anilines is 1. The van der Waals surface area contributed by atoms with Crippen molar-refractivity contribution >= 4 is 23.7 Å². The molecule has 0 spiro atoms. The van der Waals surface area contributed by atoms with E-state index in [1.807, 2.05) is 0 Å². The van der Waals surface area contributed by atoms with E-state index < -0.39 is 0 Å². The zero-order chi connectivity index (χ0) is 12.3. The molecule has 0 bridgehead atoms. The lowest BCUT2D eigenvalue weighted by atomic mass is 10.3. The second kappa shape index (κ2) is 4.88. The predicted octanol–water partition coefficient (Wildman–Crippen LogP) is 1.25. The Kier molecular flexibility index (Phi) is 3.29. The summed E-state index contributed by atoms with van der Waals surface area (Å²) in [6.45, 7) is 1.96. The minimum atomic E-state index is 0.114. The number of aromatic nitrogens is 4.